The number of carbonyl (C=O) groups is 3. The molecule has 0 radical (unpaired) electrons. The number of hydrogen-bond acceptors (Lipinski definition) is 6. The van der Waals surface area contributed by atoms with Crippen LogP contribution in [0.2, 0.25) is 0 Å². The number of carbonyl (C=O) groups excluding carboxylic acids is 3. The van der Waals surface area contributed by atoms with E-state index < -0.39 is 6.04 Å². The van der Waals surface area contributed by atoms with Gasteiger partial charge in [0.15, 0.2) is 0 Å². The van der Waals surface area contributed by atoms with E-state index in [-0.39, 0.29) is 35.8 Å². The van der Waals surface area contributed by atoms with Crippen LogP contribution in [0.5, 0.6) is 0 Å². The van der Waals surface area contributed by atoms with Crippen LogP contribution in [0.15, 0.2) is 17.5 Å². The maximum atomic E-state index is 13.1. The summed E-state index contributed by atoms with van der Waals surface area (Å²) in [7, 11) is 0. The third-order valence-electron chi connectivity index (χ3n) is 5.66. The summed E-state index contributed by atoms with van der Waals surface area (Å²) in [5.41, 5.74) is 5.53. The molecule has 2 aliphatic rings. The zero-order chi connectivity index (χ0) is 21.7. The number of nitrogens with one attached hydrogen (secondary N) is 1. The first kappa shape index (κ1) is 22.7. The number of nitrogens with zero attached hydrogens (tertiary/aromatic N) is 2. The minimum absolute atomic E-state index is 0.0132. The van der Waals surface area contributed by atoms with Crippen LogP contribution < -0.4 is 11.1 Å². The van der Waals surface area contributed by atoms with Crippen molar-refractivity contribution in [1.29, 1.82) is 0 Å². The second-order valence-corrected chi connectivity index (χ2v) is 9.15. The van der Waals surface area contributed by atoms with Crippen molar-refractivity contribution in [2.24, 2.45) is 11.7 Å². The average molecular weight is 437 g/mol. The van der Waals surface area contributed by atoms with E-state index in [4.69, 9.17) is 10.5 Å². The van der Waals surface area contributed by atoms with Crippen LogP contribution in [-0.2, 0) is 14.3 Å². The van der Waals surface area contributed by atoms with Gasteiger partial charge in [-0.15, -0.1) is 11.3 Å². The molecule has 0 bridgehead atoms. The number of rotatable bonds is 8. The zero-order valence-corrected chi connectivity index (χ0v) is 18.5. The van der Waals surface area contributed by atoms with Gasteiger partial charge in [-0.1, -0.05) is 19.9 Å². The average Bonchev–Trinajstić information content (AvgIpc) is 3.50. The highest BCUT2D eigenvalue weighted by Gasteiger charge is 2.44. The molecule has 1 aromatic rings. The van der Waals surface area contributed by atoms with Crippen molar-refractivity contribution in [2.75, 3.05) is 32.8 Å². The van der Waals surface area contributed by atoms with E-state index in [1.807, 2.05) is 30.2 Å². The molecule has 0 aromatic carbocycles. The fourth-order valence-corrected chi connectivity index (χ4v) is 4.80. The first-order valence-corrected chi connectivity index (χ1v) is 11.5. The van der Waals surface area contributed by atoms with Gasteiger partial charge in [-0.25, -0.2) is 0 Å². The Balaban J connectivity index is 1.82. The molecular formula is C21H32N4O4S. The molecule has 3 N–H and O–H groups in total. The number of thiophene rings is 1. The molecule has 3 heterocycles. The van der Waals surface area contributed by atoms with E-state index in [1.165, 1.54) is 11.3 Å². The molecule has 2 aliphatic heterocycles. The van der Waals surface area contributed by atoms with Gasteiger partial charge in [-0.05, 0) is 30.7 Å². The number of hydrogen-bond donors (Lipinski definition) is 2. The Kier molecular flexibility index (Phi) is 7.85. The minimum Gasteiger partial charge on any atom is -0.376 e. The van der Waals surface area contributed by atoms with Crippen LogP contribution in [-0.4, -0.2) is 78.5 Å². The third-order valence-corrected chi connectivity index (χ3v) is 6.52. The van der Waals surface area contributed by atoms with Gasteiger partial charge in [0.05, 0.1) is 17.0 Å². The predicted molar refractivity (Wildman–Crippen MR) is 115 cm³/mol. The summed E-state index contributed by atoms with van der Waals surface area (Å²) in [6.45, 7) is 5.98. The first-order chi connectivity index (χ1) is 14.4. The van der Waals surface area contributed by atoms with Crippen molar-refractivity contribution < 1.29 is 19.1 Å². The van der Waals surface area contributed by atoms with Crippen LogP contribution >= 0.6 is 11.3 Å². The molecule has 3 atom stereocenters. The maximum Gasteiger partial charge on any atom is 0.264 e. The number of nitrogens with two attached hydrogens (primary N) is 1. The zero-order valence-electron chi connectivity index (χ0n) is 17.7. The summed E-state index contributed by atoms with van der Waals surface area (Å²) >= 11 is 1.35. The van der Waals surface area contributed by atoms with Gasteiger partial charge < -0.3 is 25.6 Å². The van der Waals surface area contributed by atoms with Crippen LogP contribution in [0.25, 0.3) is 0 Å². The highest BCUT2D eigenvalue weighted by atomic mass is 32.1. The lowest BCUT2D eigenvalue weighted by atomic mass is 10.1. The lowest BCUT2D eigenvalue weighted by molar-refractivity contribution is -0.138. The molecule has 166 valence electrons. The van der Waals surface area contributed by atoms with Crippen LogP contribution in [0, 0.1) is 5.92 Å². The molecular weight excluding hydrogens is 404 g/mol. The molecule has 2 saturated heterocycles. The summed E-state index contributed by atoms with van der Waals surface area (Å²) < 4.78 is 5.77. The van der Waals surface area contributed by atoms with Crippen LogP contribution in [0.1, 0.15) is 42.8 Å². The third kappa shape index (κ3) is 5.19. The molecule has 8 nitrogen and oxygen atoms in total. The number of likely N-dealkylation sites (tertiary alicyclic amines) is 1. The molecule has 1 aromatic heterocycles. The summed E-state index contributed by atoms with van der Waals surface area (Å²) in [6.07, 6.45) is 2.34. The van der Waals surface area contributed by atoms with Crippen molar-refractivity contribution in [1.82, 2.24) is 15.1 Å². The van der Waals surface area contributed by atoms with E-state index in [1.54, 1.807) is 11.0 Å². The maximum absolute atomic E-state index is 13.1. The summed E-state index contributed by atoms with van der Waals surface area (Å²) in [6, 6.07) is 2.74. The van der Waals surface area contributed by atoms with Gasteiger partial charge in [0.25, 0.3) is 5.91 Å². The molecule has 3 rings (SSSR count). The molecule has 3 unspecified atom stereocenters. The molecule has 0 spiro atoms. The van der Waals surface area contributed by atoms with E-state index in [0.717, 1.165) is 12.8 Å². The monoisotopic (exact) mass is 436 g/mol. The van der Waals surface area contributed by atoms with Gasteiger partial charge in [-0.2, -0.15) is 0 Å². The SMILES string of the molecule is CC(C)C(=O)N(CC1CCCO1)C1CC(C(=O)NCCN)N(C(=O)c2cccs2)C1. The second-order valence-electron chi connectivity index (χ2n) is 8.20. The quantitative estimate of drug-likeness (QED) is 0.634. The van der Waals surface area contributed by atoms with Gasteiger partial charge in [-0.3, -0.25) is 14.4 Å². The van der Waals surface area contributed by atoms with Crippen molar-refractivity contribution in [3.8, 4) is 0 Å². The normalized spacial score (nSPS) is 23.7. The van der Waals surface area contributed by atoms with Crippen molar-refractivity contribution in [3.05, 3.63) is 22.4 Å². The molecule has 9 heteroatoms. The Hall–Kier alpha value is -1.97. The van der Waals surface area contributed by atoms with Gasteiger partial charge in [0, 0.05) is 38.7 Å². The van der Waals surface area contributed by atoms with Gasteiger partial charge in [0.1, 0.15) is 6.04 Å². The fraction of sp³-hybridized carbons (Fsp3) is 0.667. The standard InChI is InChI=1S/C21H32N4O4S/c1-14(2)20(27)24(13-16-5-3-9-29-16)15-11-17(19(26)23-8-7-22)25(12-15)21(28)18-6-4-10-30-18/h4,6,10,14-17H,3,5,7-9,11-13,22H2,1-2H3,(H,23,26). The highest BCUT2D eigenvalue weighted by Crippen LogP contribution is 2.28. The van der Waals surface area contributed by atoms with Crippen molar-refractivity contribution in [2.45, 2.75) is 51.3 Å². The Labute approximate surface area is 181 Å². The predicted octanol–water partition coefficient (Wildman–Crippen LogP) is 1.07. The van der Waals surface area contributed by atoms with E-state index >= 15 is 0 Å². The fourth-order valence-electron chi connectivity index (χ4n) is 4.13. The summed E-state index contributed by atoms with van der Waals surface area (Å²) in [5, 5.41) is 4.65. The van der Waals surface area contributed by atoms with Crippen LogP contribution in [0.4, 0.5) is 0 Å². The molecule has 3 amide bonds. The Morgan fingerprint density at radius 1 is 1.40 bits per heavy atom. The Morgan fingerprint density at radius 3 is 2.80 bits per heavy atom. The molecule has 0 saturated carbocycles. The lowest BCUT2D eigenvalue weighted by Gasteiger charge is -2.32. The topological polar surface area (TPSA) is 105 Å². The van der Waals surface area contributed by atoms with Crippen LogP contribution in [0.3, 0.4) is 0 Å². The van der Waals surface area contributed by atoms with Crippen molar-refractivity contribution >= 4 is 29.1 Å². The number of ether oxygens (including phenoxy) is 1. The van der Waals surface area contributed by atoms with Gasteiger partial charge >= 0.3 is 0 Å². The largest absolute Gasteiger partial charge is 0.376 e. The van der Waals surface area contributed by atoms with Crippen molar-refractivity contribution in [3.63, 3.8) is 0 Å². The lowest BCUT2D eigenvalue weighted by Crippen LogP contribution is -2.48. The summed E-state index contributed by atoms with van der Waals surface area (Å²) in [4.78, 5) is 43.0. The molecule has 0 aliphatic carbocycles. The smallest absolute Gasteiger partial charge is 0.264 e. The minimum atomic E-state index is -0.622. The molecule has 30 heavy (non-hydrogen) atoms. The first-order valence-electron chi connectivity index (χ1n) is 10.7. The second kappa shape index (κ2) is 10.4. The number of amides is 3. The van der Waals surface area contributed by atoms with E-state index in [0.29, 0.717) is 44.1 Å². The van der Waals surface area contributed by atoms with Gasteiger partial charge in [0.2, 0.25) is 11.8 Å². The Morgan fingerprint density at radius 2 is 2.20 bits per heavy atom. The molecule has 2 fully saturated rings. The summed E-state index contributed by atoms with van der Waals surface area (Å²) in [5.74, 6) is -0.531. The van der Waals surface area contributed by atoms with E-state index in [9.17, 15) is 14.4 Å². The van der Waals surface area contributed by atoms with E-state index in [2.05, 4.69) is 5.32 Å². The highest BCUT2D eigenvalue weighted by molar-refractivity contribution is 7.12. The Bertz CT molecular complexity index is 733.